The molecular weight excluding hydrogens is 256 g/mol. The van der Waals surface area contributed by atoms with Crippen molar-refractivity contribution in [3.05, 3.63) is 24.3 Å². The van der Waals surface area contributed by atoms with Crippen molar-refractivity contribution in [1.29, 1.82) is 0 Å². The molecule has 20 heavy (non-hydrogen) atoms. The monoisotopic (exact) mass is 280 g/mol. The van der Waals surface area contributed by atoms with Crippen LogP contribution in [0.25, 0.3) is 0 Å². The summed E-state index contributed by atoms with van der Waals surface area (Å²) in [6.07, 6.45) is 0.980. The molecule has 5 nitrogen and oxygen atoms in total. The van der Waals surface area contributed by atoms with E-state index in [-0.39, 0.29) is 6.03 Å². The number of nitrogens with one attached hydrogen (secondary N) is 2. The zero-order valence-electron chi connectivity index (χ0n) is 12.4. The van der Waals surface area contributed by atoms with E-state index in [2.05, 4.69) is 24.5 Å². The molecule has 1 aromatic carbocycles. The molecule has 1 aromatic rings. The van der Waals surface area contributed by atoms with Crippen molar-refractivity contribution in [1.82, 2.24) is 10.6 Å². The number of hydrogen-bond donors (Lipinski definition) is 2. The smallest absolute Gasteiger partial charge is 0.314 e. The highest BCUT2D eigenvalue weighted by Gasteiger charge is 2.01. The number of methoxy groups -OCH3 is 1. The average Bonchev–Trinajstić information content (AvgIpc) is 2.43. The molecule has 0 heterocycles. The molecule has 2 amide bonds. The fraction of sp³-hybridized carbons (Fsp3) is 0.533. The molecule has 1 rings (SSSR count). The van der Waals surface area contributed by atoms with E-state index in [1.165, 1.54) is 0 Å². The Morgan fingerprint density at radius 1 is 1.20 bits per heavy atom. The minimum absolute atomic E-state index is 0.153. The third-order valence-corrected chi connectivity index (χ3v) is 2.70. The number of ether oxygens (including phenoxy) is 2. The highest BCUT2D eigenvalue weighted by Crippen LogP contribution is 2.18. The molecule has 2 N–H and O–H groups in total. The maximum Gasteiger partial charge on any atom is 0.314 e. The molecule has 0 unspecified atom stereocenters. The van der Waals surface area contributed by atoms with Crippen LogP contribution in [0.4, 0.5) is 4.79 Å². The van der Waals surface area contributed by atoms with Gasteiger partial charge in [-0.1, -0.05) is 19.9 Å². The molecule has 112 valence electrons. The number of benzene rings is 1. The molecule has 0 fully saturated rings. The van der Waals surface area contributed by atoms with E-state index in [1.807, 2.05) is 24.3 Å². The lowest BCUT2D eigenvalue weighted by Crippen LogP contribution is -2.38. The van der Waals surface area contributed by atoms with Crippen molar-refractivity contribution in [2.75, 3.05) is 26.8 Å². The normalized spacial score (nSPS) is 10.2. The SMILES string of the molecule is COc1cccc(OCCNC(=O)NCCC(C)C)c1. The van der Waals surface area contributed by atoms with Crippen LogP contribution in [0.15, 0.2) is 24.3 Å². The van der Waals surface area contributed by atoms with Gasteiger partial charge in [0, 0.05) is 12.6 Å². The predicted molar refractivity (Wildman–Crippen MR) is 79.3 cm³/mol. The molecule has 0 spiro atoms. The molecule has 0 saturated heterocycles. The second-order valence-electron chi connectivity index (χ2n) is 4.89. The van der Waals surface area contributed by atoms with Crippen molar-refractivity contribution < 1.29 is 14.3 Å². The second kappa shape index (κ2) is 9.07. The van der Waals surface area contributed by atoms with Gasteiger partial charge < -0.3 is 20.1 Å². The molecule has 0 radical (unpaired) electrons. The summed E-state index contributed by atoms with van der Waals surface area (Å²) < 4.78 is 10.6. The van der Waals surface area contributed by atoms with Crippen molar-refractivity contribution in [2.24, 2.45) is 5.92 Å². The molecule has 0 aliphatic carbocycles. The highest BCUT2D eigenvalue weighted by molar-refractivity contribution is 5.73. The first-order valence-electron chi connectivity index (χ1n) is 6.90. The van der Waals surface area contributed by atoms with Gasteiger partial charge in [-0.05, 0) is 24.5 Å². The standard InChI is InChI=1S/C15H24N2O3/c1-12(2)7-8-16-15(18)17-9-10-20-14-6-4-5-13(11-14)19-3/h4-6,11-12H,7-10H2,1-3H3,(H2,16,17,18). The number of carbonyl (C=O) groups excluding carboxylic acids is 1. The molecule has 0 aliphatic heterocycles. The van der Waals surface area contributed by atoms with E-state index in [0.29, 0.717) is 25.6 Å². The van der Waals surface area contributed by atoms with Gasteiger partial charge in [0.05, 0.1) is 13.7 Å². The van der Waals surface area contributed by atoms with Crippen LogP contribution in [0.3, 0.4) is 0 Å². The van der Waals surface area contributed by atoms with Crippen LogP contribution in [-0.4, -0.2) is 32.8 Å². The van der Waals surface area contributed by atoms with Gasteiger partial charge in [0.25, 0.3) is 0 Å². The number of carbonyl (C=O) groups is 1. The van der Waals surface area contributed by atoms with Gasteiger partial charge in [-0.15, -0.1) is 0 Å². The van der Waals surface area contributed by atoms with E-state index in [9.17, 15) is 4.79 Å². The summed E-state index contributed by atoms with van der Waals surface area (Å²) in [4.78, 5) is 11.4. The van der Waals surface area contributed by atoms with Crippen LogP contribution in [0, 0.1) is 5.92 Å². The van der Waals surface area contributed by atoms with Gasteiger partial charge in [0.1, 0.15) is 18.1 Å². The lowest BCUT2D eigenvalue weighted by Gasteiger charge is -2.10. The van der Waals surface area contributed by atoms with Gasteiger partial charge in [-0.3, -0.25) is 0 Å². The first kappa shape index (κ1) is 16.1. The van der Waals surface area contributed by atoms with Crippen LogP contribution < -0.4 is 20.1 Å². The molecule has 0 saturated carbocycles. The summed E-state index contributed by atoms with van der Waals surface area (Å²) >= 11 is 0. The number of hydrogen-bond acceptors (Lipinski definition) is 3. The fourth-order valence-corrected chi connectivity index (χ4v) is 1.56. The quantitative estimate of drug-likeness (QED) is 0.719. The van der Waals surface area contributed by atoms with E-state index < -0.39 is 0 Å². The second-order valence-corrected chi connectivity index (χ2v) is 4.89. The zero-order valence-corrected chi connectivity index (χ0v) is 12.4. The Morgan fingerprint density at radius 2 is 1.90 bits per heavy atom. The highest BCUT2D eigenvalue weighted by atomic mass is 16.5. The maximum atomic E-state index is 11.4. The summed E-state index contributed by atoms with van der Waals surface area (Å²) in [5.74, 6) is 2.07. The number of rotatable bonds is 8. The topological polar surface area (TPSA) is 59.6 Å². The fourth-order valence-electron chi connectivity index (χ4n) is 1.56. The summed E-state index contributed by atoms with van der Waals surface area (Å²) in [5.41, 5.74) is 0. The van der Waals surface area contributed by atoms with Gasteiger partial charge in [-0.25, -0.2) is 4.79 Å². The largest absolute Gasteiger partial charge is 0.497 e. The first-order chi connectivity index (χ1) is 9.61. The maximum absolute atomic E-state index is 11.4. The van der Waals surface area contributed by atoms with Crippen molar-refractivity contribution in [2.45, 2.75) is 20.3 Å². The van der Waals surface area contributed by atoms with Gasteiger partial charge in [0.2, 0.25) is 0 Å². The summed E-state index contributed by atoms with van der Waals surface area (Å²) in [6, 6.07) is 7.22. The minimum atomic E-state index is -0.153. The molecule has 5 heteroatoms. The summed E-state index contributed by atoms with van der Waals surface area (Å²) in [6.45, 7) is 5.83. The van der Waals surface area contributed by atoms with Gasteiger partial charge in [-0.2, -0.15) is 0 Å². The molecule has 0 aromatic heterocycles. The number of urea groups is 1. The van der Waals surface area contributed by atoms with Crippen LogP contribution in [0.2, 0.25) is 0 Å². The van der Waals surface area contributed by atoms with E-state index >= 15 is 0 Å². The van der Waals surface area contributed by atoms with E-state index in [0.717, 1.165) is 17.9 Å². The Bertz CT molecular complexity index is 408. The van der Waals surface area contributed by atoms with Gasteiger partial charge >= 0.3 is 6.03 Å². The van der Waals surface area contributed by atoms with Crippen molar-refractivity contribution >= 4 is 6.03 Å². The van der Waals surface area contributed by atoms with Crippen LogP contribution in [0.5, 0.6) is 11.5 Å². The lowest BCUT2D eigenvalue weighted by molar-refractivity contribution is 0.236. The Kier molecular flexibility index (Phi) is 7.32. The van der Waals surface area contributed by atoms with E-state index in [4.69, 9.17) is 9.47 Å². The Labute approximate surface area is 120 Å². The van der Waals surface area contributed by atoms with Crippen LogP contribution in [-0.2, 0) is 0 Å². The molecule has 0 aliphatic rings. The first-order valence-corrected chi connectivity index (χ1v) is 6.90. The molecular formula is C15H24N2O3. The zero-order chi connectivity index (χ0) is 14.8. The van der Waals surface area contributed by atoms with Crippen LogP contribution >= 0.6 is 0 Å². The Balaban J connectivity index is 2.13. The van der Waals surface area contributed by atoms with Crippen LogP contribution in [0.1, 0.15) is 20.3 Å². The predicted octanol–water partition coefficient (Wildman–Crippen LogP) is 2.42. The van der Waals surface area contributed by atoms with Crippen molar-refractivity contribution in [3.8, 4) is 11.5 Å². The number of amides is 2. The summed E-state index contributed by atoms with van der Waals surface area (Å²) in [7, 11) is 1.61. The minimum Gasteiger partial charge on any atom is -0.497 e. The summed E-state index contributed by atoms with van der Waals surface area (Å²) in [5, 5.41) is 5.55. The molecule has 0 bridgehead atoms. The Hall–Kier alpha value is -1.91. The average molecular weight is 280 g/mol. The molecule has 0 atom stereocenters. The van der Waals surface area contributed by atoms with E-state index in [1.54, 1.807) is 7.11 Å². The lowest BCUT2D eigenvalue weighted by atomic mass is 10.1. The third kappa shape index (κ3) is 6.87. The van der Waals surface area contributed by atoms with Crippen molar-refractivity contribution in [3.63, 3.8) is 0 Å². The third-order valence-electron chi connectivity index (χ3n) is 2.70. The van der Waals surface area contributed by atoms with Gasteiger partial charge in [0.15, 0.2) is 0 Å². The Morgan fingerprint density at radius 3 is 2.60 bits per heavy atom.